The highest BCUT2D eigenvalue weighted by molar-refractivity contribution is 6.83. The van der Waals surface area contributed by atoms with Crippen molar-refractivity contribution in [2.75, 3.05) is 6.61 Å². The van der Waals surface area contributed by atoms with Gasteiger partial charge in [-0.25, -0.2) is 43.9 Å². The number of fused-ring (bicyclic) bond motifs is 10. The zero-order valence-corrected chi connectivity index (χ0v) is 41.0. The lowest BCUT2D eigenvalue weighted by Gasteiger charge is -2.41. The third-order valence-electron chi connectivity index (χ3n) is 14.8. The summed E-state index contributed by atoms with van der Waals surface area (Å²) in [6.45, 7) is 11.5. The lowest BCUT2D eigenvalue weighted by Crippen LogP contribution is -2.45. The quantitative estimate of drug-likeness (QED) is 0.0370. The summed E-state index contributed by atoms with van der Waals surface area (Å²) in [7, 11) is -3.20. The Morgan fingerprint density at radius 2 is 0.873 bits per heavy atom. The SMILES string of the molecule is Cc1ccc2c(c1)c1c(n2Cc2c(F)c(F)c(F)c(F)c2F)-c2ccccc2C1[Si](C)(CCCCCCOC(C)(C)C)C1c2ccccc2-c2c1c1cc(C)ccc1n2Cc1c(F)c(F)c(F)c(F)c1F. The van der Waals surface area contributed by atoms with Crippen molar-refractivity contribution in [2.24, 2.45) is 0 Å². The van der Waals surface area contributed by atoms with Crippen LogP contribution in [0, 0.1) is 72.0 Å². The minimum Gasteiger partial charge on any atom is -0.376 e. The minimum absolute atomic E-state index is 0.297. The maximum atomic E-state index is 15.7. The number of aromatic nitrogens is 2. The molecule has 0 saturated heterocycles. The van der Waals surface area contributed by atoms with E-state index in [1.54, 1.807) is 9.13 Å². The zero-order valence-electron chi connectivity index (χ0n) is 40.0. The van der Waals surface area contributed by atoms with E-state index in [0.717, 1.165) is 87.0 Å². The van der Waals surface area contributed by atoms with Gasteiger partial charge in [0.25, 0.3) is 0 Å². The highest BCUT2D eigenvalue weighted by atomic mass is 28.3. The first-order valence-electron chi connectivity index (χ1n) is 23.8. The van der Waals surface area contributed by atoms with E-state index >= 15 is 17.6 Å². The zero-order chi connectivity index (χ0) is 50.6. The number of hydrogen-bond acceptors (Lipinski definition) is 1. The highest BCUT2D eigenvalue weighted by Crippen LogP contribution is 2.62. The summed E-state index contributed by atoms with van der Waals surface area (Å²) >= 11 is 0. The van der Waals surface area contributed by atoms with Gasteiger partial charge in [0.2, 0.25) is 11.6 Å². The number of nitrogens with zero attached hydrogens (tertiary/aromatic N) is 2. The molecule has 0 amide bonds. The van der Waals surface area contributed by atoms with Gasteiger partial charge in [-0.2, -0.15) is 0 Å². The molecule has 2 aliphatic rings. The molecule has 0 spiro atoms. The molecule has 3 nitrogen and oxygen atoms in total. The van der Waals surface area contributed by atoms with Gasteiger partial charge in [0.05, 0.1) is 38.2 Å². The molecule has 6 aromatic carbocycles. The molecule has 8 aromatic rings. The van der Waals surface area contributed by atoms with Crippen molar-refractivity contribution in [3.05, 3.63) is 188 Å². The molecule has 2 aromatic heterocycles. The van der Waals surface area contributed by atoms with Gasteiger partial charge in [-0.3, -0.25) is 0 Å². The second kappa shape index (κ2) is 17.9. The van der Waals surface area contributed by atoms with E-state index in [4.69, 9.17) is 4.74 Å². The predicted octanol–water partition coefficient (Wildman–Crippen LogP) is 16.2. The Morgan fingerprint density at radius 3 is 1.28 bits per heavy atom. The lowest BCUT2D eigenvalue weighted by molar-refractivity contribution is -0.00471. The molecule has 0 aliphatic heterocycles. The minimum atomic E-state index is -3.20. The smallest absolute Gasteiger partial charge is 0.200 e. The summed E-state index contributed by atoms with van der Waals surface area (Å²) < 4.78 is 161. The van der Waals surface area contributed by atoms with E-state index in [1.807, 2.05) is 120 Å². The van der Waals surface area contributed by atoms with Gasteiger partial charge >= 0.3 is 0 Å². The summed E-state index contributed by atoms with van der Waals surface area (Å²) in [5.41, 5.74) is 6.21. The molecule has 2 aliphatic carbocycles. The first-order chi connectivity index (χ1) is 33.7. The van der Waals surface area contributed by atoms with Crippen LogP contribution < -0.4 is 0 Å². The van der Waals surface area contributed by atoms with Crippen LogP contribution in [-0.2, 0) is 17.8 Å². The first kappa shape index (κ1) is 48.5. The van der Waals surface area contributed by atoms with E-state index < -0.39 is 90.5 Å². The number of ether oxygens (including phenoxy) is 1. The Kier molecular flexibility index (Phi) is 12.2. The van der Waals surface area contributed by atoms with Crippen LogP contribution in [0.5, 0.6) is 0 Å². The molecule has 14 heteroatoms. The van der Waals surface area contributed by atoms with Crippen molar-refractivity contribution in [3.8, 4) is 22.5 Å². The molecule has 0 fully saturated rings. The van der Waals surface area contributed by atoms with Crippen LogP contribution in [0.3, 0.4) is 0 Å². The van der Waals surface area contributed by atoms with Crippen LogP contribution in [0.1, 0.15) is 102 Å². The Balaban J connectivity index is 1.23. The van der Waals surface area contributed by atoms with Crippen LogP contribution in [0.2, 0.25) is 12.6 Å². The summed E-state index contributed by atoms with van der Waals surface area (Å²) in [5, 5.41) is 1.53. The van der Waals surface area contributed by atoms with E-state index in [2.05, 4.69) is 6.55 Å². The number of unbranched alkanes of at least 4 members (excludes halogenated alkanes) is 3. The van der Waals surface area contributed by atoms with Gasteiger partial charge in [0, 0.05) is 61.7 Å². The summed E-state index contributed by atoms with van der Waals surface area (Å²) in [4.78, 5) is 0. The number of rotatable bonds is 13. The van der Waals surface area contributed by atoms with E-state index in [9.17, 15) is 26.3 Å². The van der Waals surface area contributed by atoms with Crippen LogP contribution in [0.25, 0.3) is 44.3 Å². The molecule has 2 atom stereocenters. The van der Waals surface area contributed by atoms with Crippen LogP contribution in [-0.4, -0.2) is 29.4 Å². The molecule has 0 N–H and O–H groups in total. The largest absolute Gasteiger partial charge is 0.376 e. The highest BCUT2D eigenvalue weighted by Gasteiger charge is 2.55. The molecule has 10 rings (SSSR count). The number of aryl methyl sites for hydroxylation is 2. The normalized spacial score (nSPS) is 15.9. The summed E-state index contributed by atoms with van der Waals surface area (Å²) in [6.07, 6.45) is 3.34. The fraction of sp³-hybridized carbons (Fsp3) is 0.298. The van der Waals surface area contributed by atoms with Gasteiger partial charge in [-0.05, 0) is 87.6 Å². The number of hydrogen-bond donors (Lipinski definition) is 0. The average Bonchev–Trinajstić information content (AvgIpc) is 4.06. The van der Waals surface area contributed by atoms with Crippen molar-refractivity contribution in [3.63, 3.8) is 0 Å². The maximum absolute atomic E-state index is 15.7. The van der Waals surface area contributed by atoms with Crippen molar-refractivity contribution in [1.82, 2.24) is 9.13 Å². The molecule has 368 valence electrons. The molecular weight excluding hydrogens is 947 g/mol. The van der Waals surface area contributed by atoms with E-state index in [1.165, 1.54) is 0 Å². The van der Waals surface area contributed by atoms with Crippen LogP contribution in [0.15, 0.2) is 84.9 Å². The Morgan fingerprint density at radius 1 is 0.493 bits per heavy atom. The van der Waals surface area contributed by atoms with Crippen LogP contribution in [0.4, 0.5) is 43.9 Å². The third kappa shape index (κ3) is 7.73. The standard InChI is InChI=1S/C57H50F10N2OSi/c1-29-19-21-39-35(25-29)41-53(68(39)27-37-43(58)47(62)51(66)48(63)44(37)59)31-15-9-11-17-33(31)55(41)71(6,24-14-8-7-13-23-70-57(3,4)5)56-34-18-12-10-16-32(34)54-42(56)36-26-30(2)20-22-40(36)69(54)28-38-45(60)49(64)52(67)50(65)46(38)61/h9-12,15-22,25-26,55-56H,7-8,13-14,23-24,27-28H2,1-6H3. The Bertz CT molecular complexity index is 3210. The number of halogens is 10. The lowest BCUT2D eigenvalue weighted by atomic mass is 10.1. The van der Waals surface area contributed by atoms with E-state index in [-0.39, 0.29) is 16.7 Å². The van der Waals surface area contributed by atoms with Crippen molar-refractivity contribution >= 4 is 29.9 Å². The van der Waals surface area contributed by atoms with Crippen molar-refractivity contribution in [1.29, 1.82) is 0 Å². The molecule has 0 bridgehead atoms. The monoisotopic (exact) mass is 996 g/mol. The fourth-order valence-electron chi connectivity index (χ4n) is 11.8. The Hall–Kier alpha value is -6.12. The third-order valence-corrected chi connectivity index (χ3v) is 20.1. The second-order valence-electron chi connectivity index (χ2n) is 20.5. The van der Waals surface area contributed by atoms with Gasteiger partial charge in [0.1, 0.15) is 0 Å². The maximum Gasteiger partial charge on any atom is 0.200 e. The molecule has 0 radical (unpaired) electrons. The average molecular weight is 997 g/mol. The van der Waals surface area contributed by atoms with Crippen molar-refractivity contribution < 1.29 is 48.6 Å². The van der Waals surface area contributed by atoms with Gasteiger partial charge < -0.3 is 13.9 Å². The molecular formula is C57H50F10N2OSi. The fourth-order valence-corrected chi connectivity index (χ4v) is 17.5. The van der Waals surface area contributed by atoms with Gasteiger partial charge in [-0.15, -0.1) is 0 Å². The van der Waals surface area contributed by atoms with Gasteiger partial charge in [-0.1, -0.05) is 104 Å². The summed E-state index contributed by atoms with van der Waals surface area (Å²) in [6, 6.07) is 27.5. The van der Waals surface area contributed by atoms with Crippen molar-refractivity contribution in [2.45, 2.75) is 103 Å². The topological polar surface area (TPSA) is 19.1 Å². The second-order valence-corrected chi connectivity index (χ2v) is 25.2. The molecule has 0 saturated carbocycles. The molecule has 2 heterocycles. The molecule has 2 unspecified atom stereocenters. The number of benzene rings is 6. The van der Waals surface area contributed by atoms with Crippen LogP contribution >= 0.6 is 0 Å². The predicted molar refractivity (Wildman–Crippen MR) is 259 cm³/mol. The Labute approximate surface area is 405 Å². The van der Waals surface area contributed by atoms with E-state index in [0.29, 0.717) is 29.0 Å². The molecule has 71 heavy (non-hydrogen) atoms. The van der Waals surface area contributed by atoms with Gasteiger partial charge in [0.15, 0.2) is 46.5 Å². The summed E-state index contributed by atoms with van der Waals surface area (Å²) in [5.74, 6) is -20.2. The first-order valence-corrected chi connectivity index (χ1v) is 26.7.